The quantitative estimate of drug-likeness (QED) is 0.824. The van der Waals surface area contributed by atoms with Gasteiger partial charge in [0.05, 0.1) is 0 Å². The fourth-order valence-corrected chi connectivity index (χ4v) is 2.98. The summed E-state index contributed by atoms with van der Waals surface area (Å²) in [6.07, 6.45) is -0.103. The fourth-order valence-electron chi connectivity index (χ4n) is 2.98. The van der Waals surface area contributed by atoms with Crippen molar-refractivity contribution >= 4 is 5.69 Å². The predicted octanol–water partition coefficient (Wildman–Crippen LogP) is 5.21. The Morgan fingerprint density at radius 2 is 2.00 bits per heavy atom. The van der Waals surface area contributed by atoms with Gasteiger partial charge in [-0.15, -0.1) is 13.2 Å². The molecule has 0 saturated heterocycles. The van der Waals surface area contributed by atoms with Crippen molar-refractivity contribution in [3.05, 3.63) is 24.3 Å². The first-order chi connectivity index (χ1) is 9.83. The van der Waals surface area contributed by atoms with E-state index in [0.717, 1.165) is 12.8 Å². The summed E-state index contributed by atoms with van der Waals surface area (Å²) in [5.74, 6) is 1.16. The van der Waals surface area contributed by atoms with E-state index in [0.29, 0.717) is 23.6 Å². The Kier molecular flexibility index (Phi) is 5.01. The van der Waals surface area contributed by atoms with Crippen molar-refractivity contribution in [2.75, 3.05) is 5.32 Å². The van der Waals surface area contributed by atoms with Crippen LogP contribution < -0.4 is 10.1 Å². The molecule has 0 aromatic heterocycles. The first-order valence-electron chi connectivity index (χ1n) is 7.46. The summed E-state index contributed by atoms with van der Waals surface area (Å²) in [5.41, 5.74) is 0.686. The maximum Gasteiger partial charge on any atom is 0.573 e. The SMILES string of the molecule is CC(C)C1CCCC(Nc2cccc(OC(F)(F)F)c2)C1. The molecule has 0 radical (unpaired) electrons. The number of hydrogen-bond donors (Lipinski definition) is 1. The Morgan fingerprint density at radius 3 is 2.67 bits per heavy atom. The normalized spacial score (nSPS) is 23.1. The van der Waals surface area contributed by atoms with Crippen molar-refractivity contribution < 1.29 is 17.9 Å². The van der Waals surface area contributed by atoms with Crippen LogP contribution in [0.3, 0.4) is 0 Å². The van der Waals surface area contributed by atoms with Gasteiger partial charge in [-0.2, -0.15) is 0 Å². The van der Waals surface area contributed by atoms with Crippen molar-refractivity contribution in [1.29, 1.82) is 0 Å². The number of rotatable bonds is 4. The van der Waals surface area contributed by atoms with Crippen molar-refractivity contribution in [2.24, 2.45) is 11.8 Å². The topological polar surface area (TPSA) is 21.3 Å². The first kappa shape index (κ1) is 16.0. The van der Waals surface area contributed by atoms with Gasteiger partial charge in [0.25, 0.3) is 0 Å². The molecule has 1 N–H and O–H groups in total. The second-order valence-electron chi connectivity index (χ2n) is 6.09. The van der Waals surface area contributed by atoms with Crippen molar-refractivity contribution in [2.45, 2.75) is 51.9 Å². The number of ether oxygens (including phenoxy) is 1. The Labute approximate surface area is 123 Å². The molecule has 1 fully saturated rings. The van der Waals surface area contributed by atoms with Crippen LogP contribution >= 0.6 is 0 Å². The van der Waals surface area contributed by atoms with E-state index < -0.39 is 6.36 Å². The van der Waals surface area contributed by atoms with Crippen LogP contribution in [0.5, 0.6) is 5.75 Å². The third kappa shape index (κ3) is 5.14. The van der Waals surface area contributed by atoms with Crippen LogP contribution in [0.1, 0.15) is 39.5 Å². The largest absolute Gasteiger partial charge is 0.573 e. The molecule has 0 bridgehead atoms. The van der Waals surface area contributed by atoms with E-state index in [1.807, 2.05) is 0 Å². The highest BCUT2D eigenvalue weighted by atomic mass is 19.4. The second kappa shape index (κ2) is 6.58. The van der Waals surface area contributed by atoms with Crippen molar-refractivity contribution in [3.8, 4) is 5.75 Å². The number of anilines is 1. The summed E-state index contributed by atoms with van der Waals surface area (Å²) >= 11 is 0. The van der Waals surface area contributed by atoms with E-state index in [2.05, 4.69) is 23.9 Å². The van der Waals surface area contributed by atoms with Crippen LogP contribution in [0, 0.1) is 11.8 Å². The molecular formula is C16H22F3NO. The second-order valence-corrected chi connectivity index (χ2v) is 6.09. The van der Waals surface area contributed by atoms with Gasteiger partial charge >= 0.3 is 6.36 Å². The number of nitrogens with one attached hydrogen (secondary N) is 1. The van der Waals surface area contributed by atoms with E-state index in [9.17, 15) is 13.2 Å². The molecule has 2 nitrogen and oxygen atoms in total. The van der Waals surface area contributed by atoms with E-state index in [1.165, 1.54) is 25.0 Å². The number of benzene rings is 1. The van der Waals surface area contributed by atoms with Gasteiger partial charge in [-0.1, -0.05) is 32.8 Å². The summed E-state index contributed by atoms with van der Waals surface area (Å²) in [6, 6.07) is 6.41. The third-order valence-corrected chi connectivity index (χ3v) is 4.10. The summed E-state index contributed by atoms with van der Waals surface area (Å²) in [7, 11) is 0. The highest BCUT2D eigenvalue weighted by Crippen LogP contribution is 2.32. The molecule has 118 valence electrons. The zero-order valence-corrected chi connectivity index (χ0v) is 12.4. The standard InChI is InChI=1S/C16H22F3NO/c1-11(2)12-5-3-6-13(9-12)20-14-7-4-8-15(10-14)21-16(17,18)19/h4,7-8,10-13,20H,3,5-6,9H2,1-2H3. The fraction of sp³-hybridized carbons (Fsp3) is 0.625. The average Bonchev–Trinajstić information content (AvgIpc) is 2.37. The number of hydrogen-bond acceptors (Lipinski definition) is 2. The van der Waals surface area contributed by atoms with Crippen LogP contribution in [-0.2, 0) is 0 Å². The first-order valence-corrected chi connectivity index (χ1v) is 7.46. The highest BCUT2D eigenvalue weighted by Gasteiger charge is 2.31. The summed E-state index contributed by atoms with van der Waals surface area (Å²) in [5, 5.41) is 3.34. The molecule has 1 aromatic carbocycles. The predicted molar refractivity (Wildman–Crippen MR) is 77.3 cm³/mol. The average molecular weight is 301 g/mol. The monoisotopic (exact) mass is 301 g/mol. The van der Waals surface area contributed by atoms with Gasteiger partial charge in [-0.05, 0) is 36.8 Å². The van der Waals surface area contributed by atoms with E-state index in [4.69, 9.17) is 0 Å². The van der Waals surface area contributed by atoms with E-state index in [-0.39, 0.29) is 5.75 Å². The van der Waals surface area contributed by atoms with Gasteiger partial charge < -0.3 is 10.1 Å². The zero-order chi connectivity index (χ0) is 15.5. The minimum Gasteiger partial charge on any atom is -0.406 e. The molecule has 2 atom stereocenters. The van der Waals surface area contributed by atoms with Crippen LogP contribution in [0.4, 0.5) is 18.9 Å². The highest BCUT2D eigenvalue weighted by molar-refractivity contribution is 5.49. The summed E-state index contributed by atoms with van der Waals surface area (Å²) < 4.78 is 40.6. The van der Waals surface area contributed by atoms with Gasteiger partial charge in [0.15, 0.2) is 0 Å². The maximum atomic E-state index is 12.2. The molecule has 2 unspecified atom stereocenters. The molecule has 5 heteroatoms. The van der Waals surface area contributed by atoms with Crippen LogP contribution in [0.2, 0.25) is 0 Å². The van der Waals surface area contributed by atoms with Gasteiger partial charge in [0, 0.05) is 17.8 Å². The Bertz CT molecular complexity index is 459. The van der Waals surface area contributed by atoms with Gasteiger partial charge in [0.2, 0.25) is 0 Å². The molecule has 1 aliphatic carbocycles. The minimum atomic E-state index is -4.65. The smallest absolute Gasteiger partial charge is 0.406 e. The molecule has 0 spiro atoms. The van der Waals surface area contributed by atoms with Crippen molar-refractivity contribution in [3.63, 3.8) is 0 Å². The molecule has 21 heavy (non-hydrogen) atoms. The van der Waals surface area contributed by atoms with Crippen molar-refractivity contribution in [1.82, 2.24) is 0 Å². The molecule has 0 heterocycles. The molecule has 1 saturated carbocycles. The van der Waals surface area contributed by atoms with Gasteiger partial charge in [0.1, 0.15) is 5.75 Å². The molecule has 0 aliphatic heterocycles. The maximum absolute atomic E-state index is 12.2. The van der Waals surface area contributed by atoms with Crippen LogP contribution in [-0.4, -0.2) is 12.4 Å². The lowest BCUT2D eigenvalue weighted by Gasteiger charge is -2.32. The summed E-state index contributed by atoms with van der Waals surface area (Å²) in [4.78, 5) is 0. The van der Waals surface area contributed by atoms with Crippen LogP contribution in [0.25, 0.3) is 0 Å². The Morgan fingerprint density at radius 1 is 1.24 bits per heavy atom. The number of alkyl halides is 3. The van der Waals surface area contributed by atoms with Gasteiger partial charge in [-0.25, -0.2) is 0 Å². The summed E-state index contributed by atoms with van der Waals surface area (Å²) in [6.45, 7) is 4.45. The zero-order valence-electron chi connectivity index (χ0n) is 12.4. The Hall–Kier alpha value is -1.39. The number of halogens is 3. The van der Waals surface area contributed by atoms with E-state index >= 15 is 0 Å². The molecule has 2 rings (SSSR count). The third-order valence-electron chi connectivity index (χ3n) is 4.10. The Balaban J connectivity index is 1.98. The molecule has 1 aromatic rings. The molecule has 1 aliphatic rings. The lowest BCUT2D eigenvalue weighted by atomic mass is 9.79. The van der Waals surface area contributed by atoms with Crippen LogP contribution in [0.15, 0.2) is 24.3 Å². The lowest BCUT2D eigenvalue weighted by molar-refractivity contribution is -0.274. The molecular weight excluding hydrogens is 279 g/mol. The minimum absolute atomic E-state index is 0.177. The van der Waals surface area contributed by atoms with E-state index in [1.54, 1.807) is 12.1 Å². The lowest BCUT2D eigenvalue weighted by Crippen LogP contribution is -2.29. The van der Waals surface area contributed by atoms with Gasteiger partial charge in [-0.3, -0.25) is 0 Å². The molecule has 0 amide bonds.